The summed E-state index contributed by atoms with van der Waals surface area (Å²) in [5.41, 5.74) is 1.38. The van der Waals surface area contributed by atoms with E-state index in [1.165, 1.54) is 50.5 Å². The summed E-state index contributed by atoms with van der Waals surface area (Å²) in [6.45, 7) is 9.82. The monoisotopic (exact) mass is 540 g/mol. The summed E-state index contributed by atoms with van der Waals surface area (Å²) in [4.78, 5) is 11.1. The van der Waals surface area contributed by atoms with Gasteiger partial charge in [0.2, 0.25) is 0 Å². The second-order valence-electron chi connectivity index (χ2n) is 8.98. The Kier molecular flexibility index (Phi) is 24.3. The summed E-state index contributed by atoms with van der Waals surface area (Å²) in [6.07, 6.45) is 10.8. The molecule has 0 aromatic heterocycles. The van der Waals surface area contributed by atoms with Crippen molar-refractivity contribution < 1.29 is 38.0 Å². The van der Waals surface area contributed by atoms with Crippen molar-refractivity contribution in [3.63, 3.8) is 0 Å². The molecule has 0 saturated carbocycles. The number of hydrogen-bond acceptors (Lipinski definition) is 8. The number of benzene rings is 1. The number of unbranched alkanes of at least 4 members (excludes halogenated alkanes) is 6. The Balaban J connectivity index is 1.80. The van der Waals surface area contributed by atoms with Gasteiger partial charge in [-0.05, 0) is 37.5 Å². The lowest BCUT2D eigenvalue weighted by atomic mass is 10.0. The lowest BCUT2D eigenvalue weighted by Crippen LogP contribution is -2.14. The summed E-state index contributed by atoms with van der Waals surface area (Å²) >= 11 is 0. The first-order valence-corrected chi connectivity index (χ1v) is 14.5. The Morgan fingerprint density at radius 3 is 1.58 bits per heavy atom. The molecule has 220 valence electrons. The van der Waals surface area contributed by atoms with Crippen molar-refractivity contribution in [2.24, 2.45) is 0 Å². The molecule has 1 aromatic rings. The SMILES string of the molecule is CCCCCCCCCc1ccc(OCCOCCOCCOCCOCCOCCC(=O)OCC)cc1. The fourth-order valence-corrected chi connectivity index (χ4v) is 3.63. The highest BCUT2D eigenvalue weighted by Gasteiger charge is 2.01. The van der Waals surface area contributed by atoms with E-state index < -0.39 is 0 Å². The first-order valence-electron chi connectivity index (χ1n) is 14.5. The van der Waals surface area contributed by atoms with Crippen LogP contribution in [0.1, 0.15) is 70.8 Å². The highest BCUT2D eigenvalue weighted by Crippen LogP contribution is 2.15. The minimum atomic E-state index is -0.241. The Bertz CT molecular complexity index is 638. The fraction of sp³-hybridized carbons (Fsp3) is 0.767. The summed E-state index contributed by atoms with van der Waals surface area (Å²) in [5.74, 6) is 0.644. The Morgan fingerprint density at radius 1 is 0.579 bits per heavy atom. The molecule has 0 spiro atoms. The van der Waals surface area contributed by atoms with Crippen LogP contribution in [-0.4, -0.2) is 85.3 Å². The lowest BCUT2D eigenvalue weighted by Gasteiger charge is -2.09. The van der Waals surface area contributed by atoms with Gasteiger partial charge in [0.25, 0.3) is 0 Å². The molecule has 0 N–H and O–H groups in total. The molecule has 38 heavy (non-hydrogen) atoms. The van der Waals surface area contributed by atoms with Gasteiger partial charge in [-0.1, -0.05) is 57.6 Å². The molecule has 0 radical (unpaired) electrons. The van der Waals surface area contributed by atoms with Gasteiger partial charge >= 0.3 is 5.97 Å². The number of aryl methyl sites for hydroxylation is 1. The van der Waals surface area contributed by atoms with E-state index in [1.54, 1.807) is 6.92 Å². The topological polar surface area (TPSA) is 81.7 Å². The average molecular weight is 541 g/mol. The van der Waals surface area contributed by atoms with Gasteiger partial charge in [0.15, 0.2) is 0 Å². The molecule has 0 aliphatic carbocycles. The van der Waals surface area contributed by atoms with Crippen LogP contribution in [0.2, 0.25) is 0 Å². The van der Waals surface area contributed by atoms with Crippen molar-refractivity contribution in [3.05, 3.63) is 29.8 Å². The first kappa shape index (κ1) is 34.3. The highest BCUT2D eigenvalue weighted by molar-refractivity contribution is 5.69. The zero-order valence-corrected chi connectivity index (χ0v) is 23.9. The van der Waals surface area contributed by atoms with Crippen LogP contribution in [0.4, 0.5) is 0 Å². The van der Waals surface area contributed by atoms with Gasteiger partial charge in [0, 0.05) is 0 Å². The molecular formula is C30H52O8. The van der Waals surface area contributed by atoms with Crippen molar-refractivity contribution in [2.75, 3.05) is 79.3 Å². The number of carbonyl (C=O) groups excluding carboxylic acids is 1. The number of hydrogen-bond donors (Lipinski definition) is 0. The van der Waals surface area contributed by atoms with Crippen LogP contribution in [0.25, 0.3) is 0 Å². The van der Waals surface area contributed by atoms with Crippen molar-refractivity contribution in [3.8, 4) is 5.75 Å². The third-order valence-corrected chi connectivity index (χ3v) is 5.73. The molecule has 0 atom stereocenters. The maximum Gasteiger partial charge on any atom is 0.308 e. The molecule has 0 aliphatic heterocycles. The fourth-order valence-electron chi connectivity index (χ4n) is 3.63. The van der Waals surface area contributed by atoms with E-state index in [1.807, 2.05) is 12.1 Å². The van der Waals surface area contributed by atoms with E-state index in [9.17, 15) is 4.79 Å². The smallest absolute Gasteiger partial charge is 0.308 e. The quantitative estimate of drug-likeness (QED) is 0.103. The van der Waals surface area contributed by atoms with Crippen LogP contribution in [0.15, 0.2) is 24.3 Å². The van der Waals surface area contributed by atoms with Gasteiger partial charge in [-0.25, -0.2) is 0 Å². The molecule has 0 saturated heterocycles. The molecule has 0 heterocycles. The van der Waals surface area contributed by atoms with Crippen LogP contribution >= 0.6 is 0 Å². The largest absolute Gasteiger partial charge is 0.491 e. The van der Waals surface area contributed by atoms with Gasteiger partial charge in [0.1, 0.15) is 12.4 Å². The third kappa shape index (κ3) is 22.3. The summed E-state index contributed by atoms with van der Waals surface area (Å²) in [5, 5.41) is 0. The Labute approximate surface area is 230 Å². The van der Waals surface area contributed by atoms with Gasteiger partial charge in [0.05, 0.1) is 79.1 Å². The van der Waals surface area contributed by atoms with Crippen LogP contribution in [0.5, 0.6) is 5.75 Å². The maximum atomic E-state index is 11.1. The van der Waals surface area contributed by atoms with Crippen LogP contribution in [0.3, 0.4) is 0 Å². The molecular weight excluding hydrogens is 488 g/mol. The first-order chi connectivity index (χ1) is 18.8. The summed E-state index contributed by atoms with van der Waals surface area (Å²) in [6, 6.07) is 8.43. The van der Waals surface area contributed by atoms with Crippen LogP contribution in [0, 0.1) is 0 Å². The normalized spacial score (nSPS) is 11.1. The second-order valence-corrected chi connectivity index (χ2v) is 8.98. The molecule has 8 heteroatoms. The third-order valence-electron chi connectivity index (χ3n) is 5.73. The highest BCUT2D eigenvalue weighted by atomic mass is 16.6. The van der Waals surface area contributed by atoms with E-state index >= 15 is 0 Å². The zero-order valence-electron chi connectivity index (χ0n) is 23.9. The second kappa shape index (κ2) is 26.9. The van der Waals surface area contributed by atoms with Gasteiger partial charge in [-0.2, -0.15) is 0 Å². The number of esters is 1. The minimum absolute atomic E-state index is 0.241. The Hall–Kier alpha value is -1.71. The van der Waals surface area contributed by atoms with E-state index in [-0.39, 0.29) is 12.4 Å². The van der Waals surface area contributed by atoms with Gasteiger partial charge in [-0.3, -0.25) is 4.79 Å². The van der Waals surface area contributed by atoms with Crippen molar-refractivity contribution in [1.29, 1.82) is 0 Å². The standard InChI is InChI=1S/C30H52O8/c1-3-5-6-7-8-9-10-11-28-12-14-29(15-13-28)38-27-26-36-25-24-35-23-22-34-21-20-33-19-18-32-17-16-30(31)37-4-2/h12-15H,3-11,16-27H2,1-2H3. The minimum Gasteiger partial charge on any atom is -0.491 e. The van der Waals surface area contributed by atoms with Crippen LogP contribution in [-0.2, 0) is 39.6 Å². The molecule has 0 unspecified atom stereocenters. The predicted molar refractivity (Wildman–Crippen MR) is 149 cm³/mol. The van der Waals surface area contributed by atoms with Crippen molar-refractivity contribution in [2.45, 2.75) is 71.6 Å². The maximum absolute atomic E-state index is 11.1. The number of ether oxygens (including phenoxy) is 7. The molecule has 1 aromatic carbocycles. The molecule has 8 nitrogen and oxygen atoms in total. The molecule has 0 amide bonds. The van der Waals surface area contributed by atoms with E-state index in [0.29, 0.717) is 79.3 Å². The van der Waals surface area contributed by atoms with Gasteiger partial charge < -0.3 is 33.2 Å². The van der Waals surface area contributed by atoms with Crippen LogP contribution < -0.4 is 4.74 Å². The Morgan fingerprint density at radius 2 is 1.05 bits per heavy atom. The lowest BCUT2D eigenvalue weighted by molar-refractivity contribution is -0.144. The number of rotatable bonds is 28. The van der Waals surface area contributed by atoms with Crippen molar-refractivity contribution >= 4 is 5.97 Å². The summed E-state index contributed by atoms with van der Waals surface area (Å²) in [7, 11) is 0. The van der Waals surface area contributed by atoms with E-state index in [2.05, 4.69) is 19.1 Å². The molecule has 1 rings (SSSR count). The average Bonchev–Trinajstić information content (AvgIpc) is 2.92. The van der Waals surface area contributed by atoms with Gasteiger partial charge in [-0.15, -0.1) is 0 Å². The molecule has 0 fully saturated rings. The van der Waals surface area contributed by atoms with E-state index in [4.69, 9.17) is 33.2 Å². The predicted octanol–water partition coefficient (Wildman–Crippen LogP) is 5.39. The molecule has 0 bridgehead atoms. The summed E-state index contributed by atoms with van der Waals surface area (Å²) < 4.78 is 37.8. The molecule has 0 aliphatic rings. The number of carbonyl (C=O) groups is 1. The zero-order chi connectivity index (χ0) is 27.4. The van der Waals surface area contributed by atoms with Crippen molar-refractivity contribution in [1.82, 2.24) is 0 Å². The van der Waals surface area contributed by atoms with E-state index in [0.717, 1.165) is 12.2 Å².